The van der Waals surface area contributed by atoms with E-state index in [-0.39, 0.29) is 5.91 Å². The third-order valence-corrected chi connectivity index (χ3v) is 4.05. The fourth-order valence-corrected chi connectivity index (χ4v) is 2.70. The number of aryl methyl sites for hydroxylation is 1. The van der Waals surface area contributed by atoms with Crippen LogP contribution in [-0.2, 0) is 11.3 Å². The second-order valence-electron chi connectivity index (χ2n) is 5.06. The van der Waals surface area contributed by atoms with Crippen LogP contribution in [0.15, 0.2) is 53.2 Å². The van der Waals surface area contributed by atoms with Crippen molar-refractivity contribution in [2.45, 2.75) is 13.0 Å². The van der Waals surface area contributed by atoms with Crippen LogP contribution in [0.1, 0.15) is 12.0 Å². The summed E-state index contributed by atoms with van der Waals surface area (Å²) in [6, 6.07) is 7.64. The van der Waals surface area contributed by atoms with Gasteiger partial charge in [-0.1, -0.05) is 23.9 Å². The molecule has 1 aliphatic rings. The van der Waals surface area contributed by atoms with Gasteiger partial charge in [0.15, 0.2) is 5.17 Å². The number of thioether (sulfide) groups is 1. The van der Waals surface area contributed by atoms with Gasteiger partial charge in [-0.2, -0.15) is 5.10 Å². The molecule has 1 aromatic carbocycles. The first-order valence-corrected chi connectivity index (χ1v) is 8.50. The number of carbonyl (C=O) groups excluding carboxylic acids is 1. The van der Waals surface area contributed by atoms with Crippen LogP contribution in [0, 0.1) is 0 Å². The lowest BCUT2D eigenvalue weighted by molar-refractivity contribution is -0.116. The molecule has 0 aliphatic carbocycles. The van der Waals surface area contributed by atoms with Gasteiger partial charge in [0.05, 0.1) is 24.9 Å². The van der Waals surface area contributed by atoms with Gasteiger partial charge in [0, 0.05) is 18.9 Å². The number of nitrogens with zero attached hydrogens (tertiary/aromatic N) is 4. The third kappa shape index (κ3) is 4.95. The highest BCUT2D eigenvalue weighted by atomic mass is 32.2. The molecule has 0 unspecified atom stereocenters. The van der Waals surface area contributed by atoms with Gasteiger partial charge in [0.1, 0.15) is 5.75 Å². The molecule has 2 heterocycles. The van der Waals surface area contributed by atoms with Crippen molar-refractivity contribution in [3.8, 4) is 5.75 Å². The Morgan fingerprint density at radius 1 is 1.46 bits per heavy atom. The molecule has 124 valence electrons. The van der Waals surface area contributed by atoms with Crippen molar-refractivity contribution in [3.63, 3.8) is 0 Å². The first kappa shape index (κ1) is 16.3. The molecule has 1 N–H and O–H groups in total. The number of hydrogen-bond donors (Lipinski definition) is 1. The van der Waals surface area contributed by atoms with Crippen molar-refractivity contribution in [2.24, 2.45) is 10.2 Å². The Morgan fingerprint density at radius 3 is 3.21 bits per heavy atom. The van der Waals surface area contributed by atoms with Gasteiger partial charge in [-0.3, -0.25) is 4.79 Å². The van der Waals surface area contributed by atoms with E-state index in [2.05, 4.69) is 20.5 Å². The van der Waals surface area contributed by atoms with Crippen molar-refractivity contribution in [2.75, 3.05) is 12.4 Å². The van der Waals surface area contributed by atoms with Crippen LogP contribution in [0.2, 0.25) is 0 Å². The van der Waals surface area contributed by atoms with E-state index < -0.39 is 0 Å². The van der Waals surface area contributed by atoms with Crippen molar-refractivity contribution < 1.29 is 9.53 Å². The molecule has 1 saturated heterocycles. The quantitative estimate of drug-likeness (QED) is 0.473. The summed E-state index contributed by atoms with van der Waals surface area (Å²) in [7, 11) is 0. The van der Waals surface area contributed by atoms with Gasteiger partial charge in [-0.25, -0.2) is 4.98 Å². The number of amides is 1. The fraction of sp³-hybridized carbons (Fsp3) is 0.250. The number of carbonyl (C=O) groups is 1. The Kier molecular flexibility index (Phi) is 5.62. The summed E-state index contributed by atoms with van der Waals surface area (Å²) in [5.41, 5.74) is 0.890. The number of ether oxygens (including phenoxy) is 1. The maximum Gasteiger partial charge on any atom is 0.236 e. The van der Waals surface area contributed by atoms with Gasteiger partial charge in [0.25, 0.3) is 0 Å². The minimum Gasteiger partial charge on any atom is -0.494 e. The van der Waals surface area contributed by atoms with E-state index >= 15 is 0 Å². The second kappa shape index (κ2) is 8.30. The van der Waals surface area contributed by atoms with Crippen molar-refractivity contribution >= 4 is 29.1 Å². The van der Waals surface area contributed by atoms with Crippen LogP contribution < -0.4 is 10.1 Å². The Morgan fingerprint density at radius 2 is 2.42 bits per heavy atom. The number of aromatic nitrogens is 2. The predicted molar refractivity (Wildman–Crippen MR) is 94.4 cm³/mol. The number of hydrogen-bond acceptors (Lipinski definition) is 6. The number of nitrogens with one attached hydrogen (secondary N) is 1. The summed E-state index contributed by atoms with van der Waals surface area (Å²) in [4.78, 5) is 15.0. The molecule has 8 heteroatoms. The SMILES string of the molecule is O=C1CSC(=NN=Cc2cccc(OCCCn3ccnc3)c2)N1. The largest absolute Gasteiger partial charge is 0.494 e. The molecule has 1 aromatic heterocycles. The van der Waals surface area contributed by atoms with Crippen LogP contribution in [0.25, 0.3) is 0 Å². The molecule has 7 nitrogen and oxygen atoms in total. The third-order valence-electron chi connectivity index (χ3n) is 3.19. The summed E-state index contributed by atoms with van der Waals surface area (Å²) < 4.78 is 7.77. The van der Waals surface area contributed by atoms with Crippen LogP contribution in [0.3, 0.4) is 0 Å². The minimum absolute atomic E-state index is 0.0416. The molecule has 3 rings (SSSR count). The zero-order valence-electron chi connectivity index (χ0n) is 13.0. The number of rotatable bonds is 7. The van der Waals surface area contributed by atoms with E-state index in [0.29, 0.717) is 17.5 Å². The number of imidazole rings is 1. The molecular formula is C16H17N5O2S. The topological polar surface area (TPSA) is 80.9 Å². The van der Waals surface area contributed by atoms with Crippen LogP contribution in [-0.4, -0.2) is 39.2 Å². The van der Waals surface area contributed by atoms with E-state index in [1.807, 2.05) is 35.0 Å². The molecule has 0 saturated carbocycles. The van der Waals surface area contributed by atoms with Crippen LogP contribution in [0.4, 0.5) is 0 Å². The maximum absolute atomic E-state index is 11.0. The van der Waals surface area contributed by atoms with Gasteiger partial charge >= 0.3 is 0 Å². The average Bonchev–Trinajstić information content (AvgIpc) is 3.24. The molecule has 2 aromatic rings. The Hall–Kier alpha value is -2.61. The lowest BCUT2D eigenvalue weighted by Crippen LogP contribution is -2.19. The smallest absolute Gasteiger partial charge is 0.236 e. The summed E-state index contributed by atoms with van der Waals surface area (Å²) in [5, 5.41) is 11.1. The van der Waals surface area contributed by atoms with Crippen molar-refractivity contribution in [3.05, 3.63) is 48.5 Å². The molecule has 0 radical (unpaired) electrons. The first-order valence-electron chi connectivity index (χ1n) is 7.52. The Bertz CT molecular complexity index is 743. The lowest BCUT2D eigenvalue weighted by Gasteiger charge is -2.07. The maximum atomic E-state index is 11.0. The molecular weight excluding hydrogens is 326 g/mol. The molecule has 1 fully saturated rings. The van der Waals surface area contributed by atoms with Gasteiger partial charge < -0.3 is 14.6 Å². The van der Waals surface area contributed by atoms with E-state index in [9.17, 15) is 4.79 Å². The van der Waals surface area contributed by atoms with E-state index in [1.54, 1.807) is 18.7 Å². The Labute approximate surface area is 143 Å². The Balaban J connectivity index is 1.47. The average molecular weight is 343 g/mol. The zero-order valence-corrected chi connectivity index (χ0v) is 13.8. The number of amidine groups is 1. The predicted octanol–water partition coefficient (Wildman–Crippen LogP) is 1.91. The first-order chi connectivity index (χ1) is 11.8. The molecule has 24 heavy (non-hydrogen) atoms. The molecule has 0 spiro atoms. The highest BCUT2D eigenvalue weighted by Gasteiger charge is 2.15. The van der Waals surface area contributed by atoms with E-state index in [4.69, 9.17) is 4.74 Å². The van der Waals surface area contributed by atoms with Gasteiger partial charge in [-0.15, -0.1) is 5.10 Å². The minimum atomic E-state index is -0.0416. The monoisotopic (exact) mass is 343 g/mol. The van der Waals surface area contributed by atoms with Crippen LogP contribution in [0.5, 0.6) is 5.75 Å². The normalized spacial score (nSPS) is 16.0. The summed E-state index contributed by atoms with van der Waals surface area (Å²) in [6.07, 6.45) is 8.03. The van der Waals surface area contributed by atoms with E-state index in [0.717, 1.165) is 24.3 Å². The van der Waals surface area contributed by atoms with Gasteiger partial charge in [0.2, 0.25) is 5.91 Å². The highest BCUT2D eigenvalue weighted by Crippen LogP contribution is 2.13. The van der Waals surface area contributed by atoms with E-state index in [1.165, 1.54) is 11.8 Å². The number of benzene rings is 1. The molecule has 0 bridgehead atoms. The van der Waals surface area contributed by atoms with Crippen molar-refractivity contribution in [1.29, 1.82) is 0 Å². The molecule has 1 aliphatic heterocycles. The fourth-order valence-electron chi connectivity index (χ4n) is 2.07. The standard InChI is InChI=1S/C16H17N5O2S/c22-15-11-24-16(19-15)20-18-10-13-3-1-4-14(9-13)23-8-2-6-21-7-5-17-12-21/h1,3-5,7,9-10,12H,2,6,8,11H2,(H,19,20,22). The second-order valence-corrected chi connectivity index (χ2v) is 6.03. The molecule has 0 atom stereocenters. The van der Waals surface area contributed by atoms with Gasteiger partial charge in [-0.05, 0) is 24.1 Å². The molecule has 1 amide bonds. The lowest BCUT2D eigenvalue weighted by atomic mass is 10.2. The van der Waals surface area contributed by atoms with Crippen molar-refractivity contribution in [1.82, 2.24) is 14.9 Å². The zero-order chi connectivity index (χ0) is 16.6. The van der Waals surface area contributed by atoms with Crippen LogP contribution >= 0.6 is 11.8 Å². The summed E-state index contributed by atoms with van der Waals surface area (Å²) >= 11 is 1.35. The summed E-state index contributed by atoms with van der Waals surface area (Å²) in [5.74, 6) is 1.15. The highest BCUT2D eigenvalue weighted by molar-refractivity contribution is 8.15. The summed E-state index contributed by atoms with van der Waals surface area (Å²) in [6.45, 7) is 1.51.